The summed E-state index contributed by atoms with van der Waals surface area (Å²) in [6, 6.07) is 7.65. The van der Waals surface area contributed by atoms with E-state index < -0.39 is 6.04 Å². The van der Waals surface area contributed by atoms with E-state index in [1.54, 1.807) is 7.05 Å². The number of likely N-dealkylation sites (N-methyl/N-ethyl adjacent to an activating group) is 1. The number of benzene rings is 1. The molecule has 28 heavy (non-hydrogen) atoms. The van der Waals surface area contributed by atoms with Gasteiger partial charge in [0.25, 0.3) is 0 Å². The Morgan fingerprint density at radius 2 is 2.11 bits per heavy atom. The van der Waals surface area contributed by atoms with Crippen LogP contribution in [0.15, 0.2) is 24.3 Å². The van der Waals surface area contributed by atoms with Crippen molar-refractivity contribution in [3.8, 4) is 0 Å². The highest BCUT2D eigenvalue weighted by atomic mass is 16.2. The zero-order chi connectivity index (χ0) is 19.8. The number of piperidine rings is 1. The molecule has 150 valence electrons. The minimum Gasteiger partial charge on any atom is -0.358 e. The van der Waals surface area contributed by atoms with Gasteiger partial charge in [-0.15, -0.1) is 0 Å². The third-order valence-corrected chi connectivity index (χ3v) is 5.83. The number of carbonyl (C=O) groups excluding carboxylic acids is 2. The number of para-hydroxylation sites is 2. The summed E-state index contributed by atoms with van der Waals surface area (Å²) in [5, 5.41) is 5.68. The number of hydrogen-bond donors (Lipinski definition) is 4. The maximum Gasteiger partial charge on any atom is 0.238 e. The molecule has 0 radical (unpaired) electrons. The van der Waals surface area contributed by atoms with Crippen LogP contribution in [0.2, 0.25) is 0 Å². The van der Waals surface area contributed by atoms with Crippen molar-refractivity contribution in [2.75, 3.05) is 7.05 Å². The van der Waals surface area contributed by atoms with Crippen LogP contribution in [-0.2, 0) is 16.1 Å². The molecule has 4 atom stereocenters. The van der Waals surface area contributed by atoms with Crippen LogP contribution < -0.4 is 21.5 Å². The van der Waals surface area contributed by atoms with Gasteiger partial charge in [-0.05, 0) is 24.5 Å². The Kier molecular flexibility index (Phi) is 5.07. The maximum atomic E-state index is 12.4. The number of amides is 2. The number of nitrogens with one attached hydrogen (secondary N) is 4. The first kappa shape index (κ1) is 18.9. The van der Waals surface area contributed by atoms with Crippen molar-refractivity contribution >= 4 is 22.8 Å². The fourth-order valence-electron chi connectivity index (χ4n) is 4.39. The van der Waals surface area contributed by atoms with E-state index in [0.29, 0.717) is 12.3 Å². The van der Waals surface area contributed by atoms with Crippen LogP contribution in [0.1, 0.15) is 38.4 Å². The molecule has 2 aliphatic rings. The Balaban J connectivity index is 1.79. The predicted octanol–water partition coefficient (Wildman–Crippen LogP) is 0.851. The molecule has 2 saturated heterocycles. The number of hydrazine groups is 1. The Hall–Kier alpha value is -2.45. The average molecular weight is 384 g/mol. The highest BCUT2D eigenvalue weighted by Gasteiger charge is 2.50. The first-order chi connectivity index (χ1) is 13.5. The van der Waals surface area contributed by atoms with E-state index in [2.05, 4.69) is 46.0 Å². The van der Waals surface area contributed by atoms with E-state index in [1.165, 1.54) is 0 Å². The van der Waals surface area contributed by atoms with Gasteiger partial charge in [0.2, 0.25) is 11.8 Å². The summed E-state index contributed by atoms with van der Waals surface area (Å²) in [4.78, 5) is 29.8. The molecule has 0 saturated carbocycles. The van der Waals surface area contributed by atoms with Crippen molar-refractivity contribution in [3.05, 3.63) is 30.1 Å². The van der Waals surface area contributed by atoms with Gasteiger partial charge in [-0.1, -0.05) is 26.0 Å². The van der Waals surface area contributed by atoms with E-state index in [0.717, 1.165) is 29.8 Å². The minimum atomic E-state index is -0.432. The third-order valence-electron chi connectivity index (χ3n) is 5.83. The molecule has 4 rings (SSSR count). The topological polar surface area (TPSA) is 100 Å². The molecule has 4 N–H and O–H groups in total. The van der Waals surface area contributed by atoms with Gasteiger partial charge in [0.05, 0.1) is 17.2 Å². The number of aryl methyl sites for hydroxylation is 1. The van der Waals surface area contributed by atoms with E-state index in [1.807, 2.05) is 18.2 Å². The Morgan fingerprint density at radius 1 is 1.32 bits per heavy atom. The Labute approximate surface area is 164 Å². The summed E-state index contributed by atoms with van der Waals surface area (Å²) in [5.74, 6) is 1.07. The van der Waals surface area contributed by atoms with Crippen LogP contribution in [0, 0.1) is 11.8 Å². The molecule has 2 aliphatic heterocycles. The van der Waals surface area contributed by atoms with Crippen molar-refractivity contribution in [1.82, 2.24) is 31.0 Å². The number of aromatic nitrogens is 2. The lowest BCUT2D eigenvalue weighted by Gasteiger charge is -2.35. The number of fused-ring (bicyclic) bond motifs is 2. The highest BCUT2D eigenvalue weighted by Crippen LogP contribution is 2.38. The molecule has 0 bridgehead atoms. The van der Waals surface area contributed by atoms with Gasteiger partial charge in [-0.25, -0.2) is 15.8 Å². The Morgan fingerprint density at radius 3 is 2.86 bits per heavy atom. The van der Waals surface area contributed by atoms with Gasteiger partial charge in [0.15, 0.2) is 0 Å². The smallest absolute Gasteiger partial charge is 0.238 e. The third kappa shape index (κ3) is 3.27. The second-order valence-corrected chi connectivity index (χ2v) is 8.11. The van der Waals surface area contributed by atoms with E-state index >= 15 is 0 Å². The molecule has 8 heteroatoms. The Bertz CT molecular complexity index is 892. The number of carbonyl (C=O) groups is 2. The summed E-state index contributed by atoms with van der Waals surface area (Å²) in [6.45, 7) is 5.25. The summed E-state index contributed by atoms with van der Waals surface area (Å²) < 4.78 is 2.24. The molecule has 1 aromatic carbocycles. The summed E-state index contributed by atoms with van der Waals surface area (Å²) in [7, 11) is 1.63. The summed E-state index contributed by atoms with van der Waals surface area (Å²) >= 11 is 0. The van der Waals surface area contributed by atoms with Gasteiger partial charge in [-0.2, -0.15) is 0 Å². The number of imidazole rings is 1. The van der Waals surface area contributed by atoms with Crippen molar-refractivity contribution in [3.63, 3.8) is 0 Å². The first-order valence-electron chi connectivity index (χ1n) is 9.96. The van der Waals surface area contributed by atoms with E-state index in [9.17, 15) is 9.59 Å². The van der Waals surface area contributed by atoms with Gasteiger partial charge >= 0.3 is 0 Å². The lowest BCUT2D eigenvalue weighted by molar-refractivity contribution is -0.128. The fraction of sp³-hybridized carbons (Fsp3) is 0.550. The van der Waals surface area contributed by atoms with Crippen LogP contribution in [0.25, 0.3) is 11.0 Å². The largest absolute Gasteiger partial charge is 0.358 e. The zero-order valence-corrected chi connectivity index (χ0v) is 16.5. The van der Waals surface area contributed by atoms with Crippen molar-refractivity contribution in [2.45, 2.75) is 51.4 Å². The highest BCUT2D eigenvalue weighted by molar-refractivity contribution is 5.84. The van der Waals surface area contributed by atoms with Gasteiger partial charge in [0, 0.05) is 31.8 Å². The van der Waals surface area contributed by atoms with Crippen molar-refractivity contribution < 1.29 is 9.59 Å². The average Bonchev–Trinajstić information content (AvgIpc) is 3.26. The quantitative estimate of drug-likeness (QED) is 0.612. The van der Waals surface area contributed by atoms with Gasteiger partial charge < -0.3 is 15.2 Å². The molecule has 2 amide bonds. The molecule has 0 spiro atoms. The molecule has 2 aromatic rings. The number of hydrogen-bond acceptors (Lipinski definition) is 5. The normalized spacial score (nSPS) is 27.1. The second-order valence-electron chi connectivity index (χ2n) is 8.11. The van der Waals surface area contributed by atoms with Crippen LogP contribution in [0.4, 0.5) is 0 Å². The van der Waals surface area contributed by atoms with Crippen LogP contribution in [0.3, 0.4) is 0 Å². The number of rotatable bonds is 5. The molecule has 0 aliphatic carbocycles. The minimum absolute atomic E-state index is 0.0272. The van der Waals surface area contributed by atoms with Crippen LogP contribution >= 0.6 is 0 Å². The van der Waals surface area contributed by atoms with Crippen LogP contribution in [0.5, 0.6) is 0 Å². The van der Waals surface area contributed by atoms with E-state index in [-0.39, 0.29) is 29.8 Å². The molecule has 8 nitrogen and oxygen atoms in total. The van der Waals surface area contributed by atoms with Crippen LogP contribution in [-0.4, -0.2) is 40.6 Å². The molecule has 4 unspecified atom stereocenters. The first-order valence-corrected chi connectivity index (χ1v) is 9.96. The standard InChI is InChI=1S/C20H28N6O2/c1-11(2)8-9-26-14-7-5-4-6-13(14)22-19(26)12-10-15(27)23-18-16(12)17(24-25-18)20(28)21-3/h4-7,11-12,16-18,24-25H,8-10H2,1-3H3,(H,21,28)(H,23,27). The van der Waals surface area contributed by atoms with E-state index in [4.69, 9.17) is 4.98 Å². The number of nitrogens with zero attached hydrogens (tertiary/aromatic N) is 2. The zero-order valence-electron chi connectivity index (χ0n) is 16.5. The molecule has 2 fully saturated rings. The lowest BCUT2D eigenvalue weighted by Crippen LogP contribution is -2.54. The van der Waals surface area contributed by atoms with Gasteiger partial charge in [0.1, 0.15) is 11.9 Å². The maximum absolute atomic E-state index is 12.4. The summed E-state index contributed by atoms with van der Waals surface area (Å²) in [5.41, 5.74) is 8.15. The molecule has 3 heterocycles. The molecular formula is C20H28N6O2. The molecular weight excluding hydrogens is 356 g/mol. The molecule has 1 aromatic heterocycles. The fourth-order valence-corrected chi connectivity index (χ4v) is 4.39. The van der Waals surface area contributed by atoms with Crippen molar-refractivity contribution in [2.24, 2.45) is 11.8 Å². The van der Waals surface area contributed by atoms with Gasteiger partial charge in [-0.3, -0.25) is 9.59 Å². The summed E-state index contributed by atoms with van der Waals surface area (Å²) in [6.07, 6.45) is 1.05. The monoisotopic (exact) mass is 384 g/mol. The second kappa shape index (κ2) is 7.52. The lowest BCUT2D eigenvalue weighted by atomic mass is 9.79. The predicted molar refractivity (Wildman–Crippen MR) is 106 cm³/mol. The van der Waals surface area contributed by atoms with Crippen molar-refractivity contribution in [1.29, 1.82) is 0 Å². The SMILES string of the molecule is CNC(=O)C1NNC2NC(=O)CC(c3nc4ccccc4n3CCC(C)C)C21.